The molecule has 0 aromatic heterocycles. The summed E-state index contributed by atoms with van der Waals surface area (Å²) in [4.78, 5) is 0. The first-order valence-corrected chi connectivity index (χ1v) is 5.22. The van der Waals surface area contributed by atoms with Crippen LogP contribution < -0.4 is 10.1 Å². The number of hydrogen-bond acceptors (Lipinski definition) is 2. The van der Waals surface area contributed by atoms with E-state index in [1.807, 2.05) is 0 Å². The number of rotatable bonds is 2. The first kappa shape index (κ1) is 12.2. The summed E-state index contributed by atoms with van der Waals surface area (Å²) in [6, 6.07) is 3.85. The van der Waals surface area contributed by atoms with Gasteiger partial charge in [0.2, 0.25) is 0 Å². The largest absolute Gasteiger partial charge is 0.573 e. The van der Waals surface area contributed by atoms with Crippen molar-refractivity contribution in [3.05, 3.63) is 29.6 Å². The van der Waals surface area contributed by atoms with Crippen molar-refractivity contribution in [3.8, 4) is 5.75 Å². The Bertz CT molecular complexity index is 399. The fourth-order valence-electron chi connectivity index (χ4n) is 1.97. The average Bonchev–Trinajstić information content (AvgIpc) is 2.72. The number of halogens is 4. The third kappa shape index (κ3) is 2.88. The molecule has 1 saturated heterocycles. The minimum atomic E-state index is -4.87. The highest BCUT2D eigenvalue weighted by atomic mass is 19.4. The van der Waals surface area contributed by atoms with E-state index in [1.54, 1.807) is 0 Å². The van der Waals surface area contributed by atoms with Crippen molar-refractivity contribution in [2.24, 2.45) is 0 Å². The monoisotopic (exact) mass is 249 g/mol. The normalized spacial score (nSPS) is 20.6. The van der Waals surface area contributed by atoms with E-state index in [0.29, 0.717) is 13.0 Å². The first-order valence-electron chi connectivity index (χ1n) is 5.22. The topological polar surface area (TPSA) is 21.3 Å². The second-order valence-corrected chi connectivity index (χ2v) is 3.90. The molecule has 0 radical (unpaired) electrons. The van der Waals surface area contributed by atoms with Gasteiger partial charge in [-0.3, -0.25) is 0 Å². The number of nitrogens with one attached hydrogen (secondary N) is 1. The van der Waals surface area contributed by atoms with E-state index in [0.717, 1.165) is 12.6 Å². The standard InChI is InChI=1S/C11H11F4NO/c12-10-8(7-4-5-16-6-7)2-1-3-9(10)17-11(13,14)15/h1-3,7,16H,4-6H2. The lowest BCUT2D eigenvalue weighted by Crippen LogP contribution is -2.18. The van der Waals surface area contributed by atoms with E-state index in [2.05, 4.69) is 10.1 Å². The highest BCUT2D eigenvalue weighted by Gasteiger charge is 2.33. The van der Waals surface area contributed by atoms with Gasteiger partial charge < -0.3 is 10.1 Å². The molecule has 1 atom stereocenters. The molecular formula is C11H11F4NO. The van der Waals surface area contributed by atoms with Crippen molar-refractivity contribution in [3.63, 3.8) is 0 Å². The molecule has 17 heavy (non-hydrogen) atoms. The second kappa shape index (κ2) is 4.52. The van der Waals surface area contributed by atoms with Gasteiger partial charge in [0, 0.05) is 12.5 Å². The average molecular weight is 249 g/mol. The van der Waals surface area contributed by atoms with Crippen molar-refractivity contribution in [2.75, 3.05) is 13.1 Å². The molecule has 2 rings (SSSR count). The Kier molecular flexibility index (Phi) is 3.24. The van der Waals surface area contributed by atoms with Crippen LogP contribution in [-0.2, 0) is 0 Å². The first-order chi connectivity index (χ1) is 7.97. The zero-order valence-electron chi connectivity index (χ0n) is 8.85. The van der Waals surface area contributed by atoms with Crippen LogP contribution in [0.3, 0.4) is 0 Å². The highest BCUT2D eigenvalue weighted by molar-refractivity contribution is 5.34. The van der Waals surface area contributed by atoms with E-state index >= 15 is 0 Å². The maximum absolute atomic E-state index is 13.8. The number of benzene rings is 1. The second-order valence-electron chi connectivity index (χ2n) is 3.90. The van der Waals surface area contributed by atoms with Gasteiger partial charge in [0.1, 0.15) is 0 Å². The zero-order chi connectivity index (χ0) is 12.5. The minimum Gasteiger partial charge on any atom is -0.403 e. The van der Waals surface area contributed by atoms with E-state index in [-0.39, 0.29) is 11.5 Å². The summed E-state index contributed by atoms with van der Waals surface area (Å²) in [5.74, 6) is -1.77. The van der Waals surface area contributed by atoms with Gasteiger partial charge in [0.15, 0.2) is 11.6 Å². The zero-order valence-corrected chi connectivity index (χ0v) is 8.85. The molecule has 1 fully saturated rings. The van der Waals surface area contributed by atoms with Crippen molar-refractivity contribution in [1.29, 1.82) is 0 Å². The van der Waals surface area contributed by atoms with E-state index < -0.39 is 17.9 Å². The van der Waals surface area contributed by atoms with Gasteiger partial charge in [0.25, 0.3) is 0 Å². The van der Waals surface area contributed by atoms with Gasteiger partial charge in [0.05, 0.1) is 0 Å². The fraction of sp³-hybridized carbons (Fsp3) is 0.455. The predicted molar refractivity (Wildman–Crippen MR) is 53.3 cm³/mol. The predicted octanol–water partition coefficient (Wildman–Crippen LogP) is 2.80. The third-order valence-corrected chi connectivity index (χ3v) is 2.72. The molecule has 94 valence electrons. The summed E-state index contributed by atoms with van der Waals surface area (Å²) in [7, 11) is 0. The maximum atomic E-state index is 13.8. The number of hydrogen-bond donors (Lipinski definition) is 1. The third-order valence-electron chi connectivity index (χ3n) is 2.72. The summed E-state index contributed by atoms with van der Waals surface area (Å²) in [5.41, 5.74) is 0.275. The molecule has 1 heterocycles. The maximum Gasteiger partial charge on any atom is 0.573 e. The van der Waals surface area contributed by atoms with Crippen LogP contribution in [0.5, 0.6) is 5.75 Å². The van der Waals surface area contributed by atoms with Gasteiger partial charge in [-0.05, 0) is 24.6 Å². The molecule has 6 heteroatoms. The lowest BCUT2D eigenvalue weighted by atomic mass is 9.97. The molecule has 0 bridgehead atoms. The fourth-order valence-corrected chi connectivity index (χ4v) is 1.97. The van der Waals surface area contributed by atoms with Crippen LogP contribution in [-0.4, -0.2) is 19.5 Å². The van der Waals surface area contributed by atoms with Gasteiger partial charge in [-0.1, -0.05) is 12.1 Å². The molecule has 2 nitrogen and oxygen atoms in total. The van der Waals surface area contributed by atoms with Crippen LogP contribution in [0, 0.1) is 5.82 Å². The Morgan fingerprint density at radius 2 is 2.06 bits per heavy atom. The van der Waals surface area contributed by atoms with E-state index in [9.17, 15) is 17.6 Å². The van der Waals surface area contributed by atoms with Crippen molar-refractivity contribution < 1.29 is 22.3 Å². The van der Waals surface area contributed by atoms with E-state index in [4.69, 9.17) is 0 Å². The smallest absolute Gasteiger partial charge is 0.403 e. The van der Waals surface area contributed by atoms with Crippen LogP contribution in [0.15, 0.2) is 18.2 Å². The van der Waals surface area contributed by atoms with Crippen molar-refractivity contribution in [1.82, 2.24) is 5.32 Å². The summed E-state index contributed by atoms with van der Waals surface area (Å²) >= 11 is 0. The molecular weight excluding hydrogens is 238 g/mol. The summed E-state index contributed by atoms with van der Waals surface area (Å²) in [6.45, 7) is 1.32. The summed E-state index contributed by atoms with van der Waals surface area (Å²) in [5, 5.41) is 3.04. The number of ether oxygens (including phenoxy) is 1. The van der Waals surface area contributed by atoms with Gasteiger partial charge in [-0.2, -0.15) is 0 Å². The molecule has 1 aromatic rings. The van der Waals surface area contributed by atoms with Gasteiger partial charge in [-0.25, -0.2) is 4.39 Å². The Hall–Kier alpha value is -1.30. The van der Waals surface area contributed by atoms with Crippen LogP contribution in [0.25, 0.3) is 0 Å². The SMILES string of the molecule is Fc1c(OC(F)(F)F)cccc1C1CCNC1. The molecule has 1 N–H and O–H groups in total. The molecule has 0 aliphatic carbocycles. The Morgan fingerprint density at radius 1 is 1.29 bits per heavy atom. The molecule has 1 aromatic carbocycles. The van der Waals surface area contributed by atoms with Crippen LogP contribution >= 0.6 is 0 Å². The quantitative estimate of drug-likeness (QED) is 0.814. The lowest BCUT2D eigenvalue weighted by molar-refractivity contribution is -0.275. The Balaban J connectivity index is 2.26. The van der Waals surface area contributed by atoms with Crippen molar-refractivity contribution >= 4 is 0 Å². The summed E-state index contributed by atoms with van der Waals surface area (Å²) < 4.78 is 53.5. The Morgan fingerprint density at radius 3 is 2.65 bits per heavy atom. The highest BCUT2D eigenvalue weighted by Crippen LogP contribution is 2.32. The molecule has 1 unspecified atom stereocenters. The molecule has 0 saturated carbocycles. The molecule has 1 aliphatic rings. The Labute approximate surface area is 95.6 Å². The van der Waals surface area contributed by atoms with Gasteiger partial charge >= 0.3 is 6.36 Å². The van der Waals surface area contributed by atoms with Crippen LogP contribution in [0.4, 0.5) is 17.6 Å². The lowest BCUT2D eigenvalue weighted by Gasteiger charge is -2.14. The molecule has 0 spiro atoms. The van der Waals surface area contributed by atoms with E-state index in [1.165, 1.54) is 12.1 Å². The minimum absolute atomic E-state index is 0.0909. The van der Waals surface area contributed by atoms with Crippen molar-refractivity contribution in [2.45, 2.75) is 18.7 Å². The molecule has 1 aliphatic heterocycles. The van der Waals surface area contributed by atoms with Gasteiger partial charge in [-0.15, -0.1) is 13.2 Å². The van der Waals surface area contributed by atoms with Crippen LogP contribution in [0.2, 0.25) is 0 Å². The summed E-state index contributed by atoms with van der Waals surface area (Å²) in [6.07, 6.45) is -4.15. The molecule has 0 amide bonds. The van der Waals surface area contributed by atoms with Crippen LogP contribution in [0.1, 0.15) is 17.9 Å². The number of alkyl halides is 3.